The Morgan fingerprint density at radius 3 is 2.36 bits per heavy atom. The smallest absolute Gasteiger partial charge is 0.171 e. The number of aromatic nitrogens is 1. The second-order valence-corrected chi connectivity index (χ2v) is 16.3. The van der Waals surface area contributed by atoms with E-state index in [2.05, 4.69) is 50.0 Å². The number of fused-ring (bicyclic) bond motifs is 4. The molecule has 3 N–H and O–H groups in total. The van der Waals surface area contributed by atoms with Crippen molar-refractivity contribution < 1.29 is 24.8 Å². The molecule has 6 heteroatoms. The number of pyridine rings is 1. The number of hydrogen-bond donors (Lipinski definition) is 3. The molecule has 1 aromatic carbocycles. The molecule has 1 unspecified atom stereocenters. The fourth-order valence-electron chi connectivity index (χ4n) is 11.2. The molecule has 2 heterocycles. The molecule has 5 aliphatic carbocycles. The third-order valence-electron chi connectivity index (χ3n) is 13.7. The number of ether oxygens (including phenoxy) is 2. The first kappa shape index (κ1) is 27.7. The predicted molar refractivity (Wildman–Crippen MR) is 160 cm³/mol. The van der Waals surface area contributed by atoms with Gasteiger partial charge in [-0.1, -0.05) is 45.0 Å². The SMILES string of the molecule is CC1(C)COC2(CC[C@@]34Cc5cc(-c6cccnc6)ccc5C5C[C@@]6(C)[C@@H](CC[C@]6(C)O)[C@H](CC[C@@]3(O)C2)[C@]54O)OC1. The molecule has 42 heavy (non-hydrogen) atoms. The van der Waals surface area contributed by atoms with Crippen LogP contribution < -0.4 is 0 Å². The number of benzene rings is 1. The van der Waals surface area contributed by atoms with Crippen LogP contribution in [0.3, 0.4) is 0 Å². The maximum atomic E-state index is 13.5. The van der Waals surface area contributed by atoms with Crippen LogP contribution in [0.2, 0.25) is 0 Å². The van der Waals surface area contributed by atoms with Gasteiger partial charge in [-0.3, -0.25) is 4.98 Å². The van der Waals surface area contributed by atoms with Gasteiger partial charge in [0, 0.05) is 42.0 Å². The lowest BCUT2D eigenvalue weighted by molar-refractivity contribution is -0.378. The third kappa shape index (κ3) is 3.37. The molecule has 8 rings (SSSR count). The first-order chi connectivity index (χ1) is 19.8. The van der Waals surface area contributed by atoms with Crippen molar-refractivity contribution in [2.75, 3.05) is 13.2 Å². The van der Waals surface area contributed by atoms with Gasteiger partial charge in [-0.25, -0.2) is 0 Å². The minimum Gasteiger partial charge on any atom is -0.390 e. The molecule has 2 spiro atoms. The number of hydrogen-bond acceptors (Lipinski definition) is 6. The average Bonchev–Trinajstić information content (AvgIpc) is 3.19. The molecule has 8 atom stereocenters. The van der Waals surface area contributed by atoms with Crippen LogP contribution in [0.15, 0.2) is 42.7 Å². The molecule has 5 fully saturated rings. The van der Waals surface area contributed by atoms with Gasteiger partial charge in [-0.2, -0.15) is 0 Å². The van der Waals surface area contributed by atoms with Crippen molar-refractivity contribution in [3.8, 4) is 11.1 Å². The van der Waals surface area contributed by atoms with Crippen LogP contribution in [0.25, 0.3) is 11.1 Å². The first-order valence-electron chi connectivity index (χ1n) is 16.3. The highest BCUT2D eigenvalue weighted by Crippen LogP contribution is 2.76. The Bertz CT molecular complexity index is 1410. The molecule has 1 aromatic heterocycles. The number of rotatable bonds is 1. The van der Waals surface area contributed by atoms with E-state index < -0.39 is 28.0 Å². The Kier molecular flexibility index (Phi) is 5.57. The lowest BCUT2D eigenvalue weighted by Crippen LogP contribution is -2.78. The van der Waals surface area contributed by atoms with E-state index in [0.29, 0.717) is 45.3 Å². The Labute approximate surface area is 249 Å². The molecule has 1 aliphatic heterocycles. The van der Waals surface area contributed by atoms with Gasteiger partial charge in [0.25, 0.3) is 0 Å². The summed E-state index contributed by atoms with van der Waals surface area (Å²) >= 11 is 0. The quantitative estimate of drug-likeness (QED) is 0.401. The molecule has 0 radical (unpaired) electrons. The summed E-state index contributed by atoms with van der Waals surface area (Å²) in [5.41, 5.74) is 0.570. The fraction of sp³-hybridized carbons (Fsp3) is 0.694. The number of aliphatic hydroxyl groups is 3. The van der Waals surface area contributed by atoms with Crippen molar-refractivity contribution in [2.45, 2.75) is 114 Å². The van der Waals surface area contributed by atoms with E-state index in [9.17, 15) is 15.3 Å². The summed E-state index contributed by atoms with van der Waals surface area (Å²) in [6, 6.07) is 10.7. The Hall–Kier alpha value is -1.83. The zero-order valence-corrected chi connectivity index (χ0v) is 25.7. The van der Waals surface area contributed by atoms with Crippen molar-refractivity contribution >= 4 is 0 Å². The van der Waals surface area contributed by atoms with Crippen molar-refractivity contribution in [3.05, 3.63) is 53.9 Å². The predicted octanol–water partition coefficient (Wildman–Crippen LogP) is 5.77. The summed E-state index contributed by atoms with van der Waals surface area (Å²) in [5, 5.41) is 38.3. The van der Waals surface area contributed by atoms with Gasteiger partial charge >= 0.3 is 0 Å². The Morgan fingerprint density at radius 1 is 0.857 bits per heavy atom. The Balaban J connectivity index is 1.29. The third-order valence-corrected chi connectivity index (χ3v) is 13.7. The summed E-state index contributed by atoms with van der Waals surface area (Å²) in [4.78, 5) is 4.36. The van der Waals surface area contributed by atoms with Gasteiger partial charge in [-0.05, 0) is 97.4 Å². The van der Waals surface area contributed by atoms with Gasteiger partial charge in [0.1, 0.15) is 0 Å². The van der Waals surface area contributed by atoms with E-state index in [1.54, 1.807) is 6.20 Å². The van der Waals surface area contributed by atoms with Gasteiger partial charge < -0.3 is 24.8 Å². The molecule has 0 amide bonds. The van der Waals surface area contributed by atoms with Crippen LogP contribution in [0.4, 0.5) is 0 Å². The van der Waals surface area contributed by atoms with Gasteiger partial charge in [0.15, 0.2) is 5.79 Å². The standard InChI is InChI=1S/C36H47NO5/c1-30(2)21-41-35(42-22-30)14-13-33-17-25-16-23(24-6-5-15-37-19-24)7-8-26(25)29-18-31(3)27(9-11-32(31,4)38)28(36(29,33)40)10-12-34(33,39)20-35/h5-8,15-16,19,27-29,38-40H,9-14,17-18,20-22H2,1-4H3/t27-,28-,29?,31-,32-,33+,34+,36-/m0/s1. The van der Waals surface area contributed by atoms with Crippen molar-refractivity contribution in [2.24, 2.45) is 28.1 Å². The van der Waals surface area contributed by atoms with Gasteiger partial charge in [0.05, 0.1) is 30.0 Å². The molecule has 6 aliphatic rings. The molecule has 1 saturated heterocycles. The highest BCUT2D eigenvalue weighted by atomic mass is 16.7. The minimum absolute atomic E-state index is 0.0304. The topological polar surface area (TPSA) is 92.0 Å². The van der Waals surface area contributed by atoms with E-state index in [-0.39, 0.29) is 28.6 Å². The monoisotopic (exact) mass is 573 g/mol. The van der Waals surface area contributed by atoms with Crippen molar-refractivity contribution in [1.29, 1.82) is 0 Å². The molecular weight excluding hydrogens is 526 g/mol. The summed E-state index contributed by atoms with van der Waals surface area (Å²) in [6.45, 7) is 9.83. The maximum Gasteiger partial charge on any atom is 0.171 e. The Morgan fingerprint density at radius 2 is 1.62 bits per heavy atom. The van der Waals surface area contributed by atoms with E-state index in [1.165, 1.54) is 11.1 Å². The second-order valence-electron chi connectivity index (χ2n) is 16.3. The van der Waals surface area contributed by atoms with E-state index in [0.717, 1.165) is 36.8 Å². The molecule has 4 saturated carbocycles. The van der Waals surface area contributed by atoms with Crippen LogP contribution in [-0.4, -0.2) is 56.1 Å². The van der Waals surface area contributed by atoms with Gasteiger partial charge in [0.2, 0.25) is 0 Å². The van der Waals surface area contributed by atoms with Crippen LogP contribution in [-0.2, 0) is 15.9 Å². The average molecular weight is 574 g/mol. The molecular formula is C36H47NO5. The summed E-state index contributed by atoms with van der Waals surface area (Å²) in [6.07, 6.45) is 9.85. The highest BCUT2D eigenvalue weighted by molar-refractivity contribution is 5.65. The molecule has 0 bridgehead atoms. The lowest BCUT2D eigenvalue weighted by Gasteiger charge is -2.74. The highest BCUT2D eigenvalue weighted by Gasteiger charge is 2.79. The number of nitrogens with zero attached hydrogens (tertiary/aromatic N) is 1. The van der Waals surface area contributed by atoms with Gasteiger partial charge in [-0.15, -0.1) is 0 Å². The first-order valence-corrected chi connectivity index (χ1v) is 16.3. The van der Waals surface area contributed by atoms with E-state index in [1.807, 2.05) is 19.2 Å². The summed E-state index contributed by atoms with van der Waals surface area (Å²) < 4.78 is 13.0. The summed E-state index contributed by atoms with van der Waals surface area (Å²) in [7, 11) is 0. The maximum absolute atomic E-state index is 13.5. The normalized spacial score (nSPS) is 46.3. The van der Waals surface area contributed by atoms with E-state index in [4.69, 9.17) is 9.47 Å². The molecule has 6 nitrogen and oxygen atoms in total. The van der Waals surface area contributed by atoms with Crippen LogP contribution in [0, 0.1) is 28.1 Å². The van der Waals surface area contributed by atoms with Crippen molar-refractivity contribution in [3.63, 3.8) is 0 Å². The second kappa shape index (κ2) is 8.45. The largest absolute Gasteiger partial charge is 0.390 e. The van der Waals surface area contributed by atoms with Crippen LogP contribution in [0.5, 0.6) is 0 Å². The van der Waals surface area contributed by atoms with E-state index >= 15 is 0 Å². The zero-order chi connectivity index (χ0) is 29.4. The lowest BCUT2D eigenvalue weighted by atomic mass is 9.34. The zero-order valence-electron chi connectivity index (χ0n) is 25.7. The van der Waals surface area contributed by atoms with Crippen LogP contribution >= 0.6 is 0 Å². The summed E-state index contributed by atoms with van der Waals surface area (Å²) in [5.74, 6) is -0.701. The minimum atomic E-state index is -1.12. The fourth-order valence-corrected chi connectivity index (χ4v) is 11.2. The molecule has 226 valence electrons. The molecule has 2 aromatic rings. The van der Waals surface area contributed by atoms with Crippen molar-refractivity contribution in [1.82, 2.24) is 4.98 Å². The van der Waals surface area contributed by atoms with Crippen LogP contribution in [0.1, 0.15) is 96.1 Å².